The van der Waals surface area contributed by atoms with E-state index >= 15 is 0 Å². The molecule has 1 fully saturated rings. The first-order chi connectivity index (χ1) is 9.61. The fourth-order valence-corrected chi connectivity index (χ4v) is 2.67. The number of aromatic nitrogens is 1. The third-order valence-electron chi connectivity index (χ3n) is 3.56. The number of hydrogen-bond donors (Lipinski definition) is 1. The number of carbonyl (C=O) groups is 1. The molecule has 0 aliphatic carbocycles. The van der Waals surface area contributed by atoms with Crippen LogP contribution in [0.3, 0.4) is 0 Å². The summed E-state index contributed by atoms with van der Waals surface area (Å²) in [6.07, 6.45) is 2.42. The number of amides is 1. The highest BCUT2D eigenvalue weighted by molar-refractivity contribution is 6.18. The van der Waals surface area contributed by atoms with Crippen LogP contribution < -0.4 is 5.43 Å². The lowest BCUT2D eigenvalue weighted by Gasteiger charge is -2.21. The third kappa shape index (κ3) is 3.61. The van der Waals surface area contributed by atoms with Gasteiger partial charge in [0.15, 0.2) is 5.43 Å². The molecule has 20 heavy (non-hydrogen) atoms. The molecule has 6 heteroatoms. The van der Waals surface area contributed by atoms with Gasteiger partial charge in [0, 0.05) is 50.0 Å². The number of nitrogens with one attached hydrogen (secondary N) is 1. The van der Waals surface area contributed by atoms with Gasteiger partial charge in [0.1, 0.15) is 5.56 Å². The van der Waals surface area contributed by atoms with Crippen LogP contribution in [-0.2, 0) is 0 Å². The summed E-state index contributed by atoms with van der Waals surface area (Å²) in [5.41, 5.74) is 0.769. The molecule has 0 aromatic carbocycles. The number of aromatic amines is 1. The molecule has 0 atom stereocenters. The lowest BCUT2D eigenvalue weighted by atomic mass is 10.2. The number of hydrogen-bond acceptors (Lipinski definition) is 3. The first-order valence-electron chi connectivity index (χ1n) is 6.88. The lowest BCUT2D eigenvalue weighted by molar-refractivity contribution is 0.0760. The average Bonchev–Trinajstić information content (AvgIpc) is 2.64. The van der Waals surface area contributed by atoms with Gasteiger partial charge in [-0.1, -0.05) is 0 Å². The molecule has 1 saturated heterocycles. The van der Waals surface area contributed by atoms with Crippen molar-refractivity contribution in [2.24, 2.45) is 0 Å². The molecular formula is C14H20ClN3O2. The Balaban J connectivity index is 2.07. The second-order valence-electron chi connectivity index (χ2n) is 5.07. The Morgan fingerprint density at radius 2 is 2.15 bits per heavy atom. The van der Waals surface area contributed by atoms with Crippen molar-refractivity contribution < 1.29 is 4.79 Å². The van der Waals surface area contributed by atoms with Gasteiger partial charge in [-0.2, -0.15) is 0 Å². The van der Waals surface area contributed by atoms with Crippen LogP contribution in [0.2, 0.25) is 0 Å². The van der Waals surface area contributed by atoms with E-state index in [2.05, 4.69) is 9.88 Å². The summed E-state index contributed by atoms with van der Waals surface area (Å²) in [4.78, 5) is 31.2. The van der Waals surface area contributed by atoms with Crippen LogP contribution in [-0.4, -0.2) is 59.3 Å². The predicted octanol–water partition coefficient (Wildman–Crippen LogP) is 1.07. The van der Waals surface area contributed by atoms with Crippen molar-refractivity contribution in [3.63, 3.8) is 0 Å². The molecule has 0 saturated carbocycles. The molecule has 0 spiro atoms. The minimum absolute atomic E-state index is 0.182. The fraction of sp³-hybridized carbons (Fsp3) is 0.571. The van der Waals surface area contributed by atoms with Crippen molar-refractivity contribution in [3.05, 3.63) is 33.7 Å². The summed E-state index contributed by atoms with van der Waals surface area (Å²) in [5, 5.41) is 0. The normalized spacial score (nSPS) is 17.0. The molecule has 2 rings (SSSR count). The van der Waals surface area contributed by atoms with Gasteiger partial charge < -0.3 is 14.8 Å². The van der Waals surface area contributed by atoms with E-state index in [0.717, 1.165) is 31.7 Å². The number of halogens is 1. The zero-order chi connectivity index (χ0) is 14.5. The van der Waals surface area contributed by atoms with Gasteiger partial charge in [0.05, 0.1) is 0 Å². The van der Waals surface area contributed by atoms with Crippen molar-refractivity contribution in [2.45, 2.75) is 13.3 Å². The van der Waals surface area contributed by atoms with Gasteiger partial charge >= 0.3 is 0 Å². The Hall–Kier alpha value is -1.33. The van der Waals surface area contributed by atoms with E-state index in [4.69, 9.17) is 11.6 Å². The first kappa shape index (κ1) is 15.1. The molecule has 5 nitrogen and oxygen atoms in total. The lowest BCUT2D eigenvalue weighted by Crippen LogP contribution is -2.37. The summed E-state index contributed by atoms with van der Waals surface area (Å²) < 4.78 is 0. The number of pyridine rings is 1. The van der Waals surface area contributed by atoms with E-state index < -0.39 is 0 Å². The molecule has 0 unspecified atom stereocenters. The standard InChI is InChI=1S/C14H20ClN3O2/c1-11-9-13(19)12(10-16-11)14(20)18-5-2-4-17(6-3-15)7-8-18/h9-10H,2-8H2,1H3,(H,16,19). The molecule has 110 valence electrons. The molecule has 1 amide bonds. The third-order valence-corrected chi connectivity index (χ3v) is 3.73. The van der Waals surface area contributed by atoms with E-state index in [1.807, 2.05) is 0 Å². The topological polar surface area (TPSA) is 56.4 Å². The largest absolute Gasteiger partial charge is 0.364 e. The number of H-pyrrole nitrogens is 1. The maximum atomic E-state index is 12.4. The smallest absolute Gasteiger partial charge is 0.259 e. The van der Waals surface area contributed by atoms with Crippen LogP contribution in [0.5, 0.6) is 0 Å². The Morgan fingerprint density at radius 1 is 1.35 bits per heavy atom. The molecule has 1 aromatic heterocycles. The van der Waals surface area contributed by atoms with Crippen LogP contribution in [0.4, 0.5) is 0 Å². The second-order valence-corrected chi connectivity index (χ2v) is 5.45. The van der Waals surface area contributed by atoms with Gasteiger partial charge in [-0.15, -0.1) is 11.6 Å². The zero-order valence-electron chi connectivity index (χ0n) is 11.7. The van der Waals surface area contributed by atoms with Gasteiger partial charge in [0.2, 0.25) is 0 Å². The van der Waals surface area contributed by atoms with Crippen molar-refractivity contribution in [3.8, 4) is 0 Å². The van der Waals surface area contributed by atoms with Crippen LogP contribution in [0.15, 0.2) is 17.1 Å². The molecule has 1 aromatic rings. The van der Waals surface area contributed by atoms with Crippen LogP contribution in [0.25, 0.3) is 0 Å². The maximum absolute atomic E-state index is 12.4. The highest BCUT2D eigenvalue weighted by Gasteiger charge is 2.21. The SMILES string of the molecule is Cc1cc(=O)c(C(=O)N2CCCN(CCCl)CC2)c[nH]1. The number of nitrogens with zero attached hydrogens (tertiary/aromatic N) is 2. The quantitative estimate of drug-likeness (QED) is 0.849. The molecule has 1 aliphatic rings. The summed E-state index contributed by atoms with van der Waals surface area (Å²) in [6, 6.07) is 1.46. The van der Waals surface area contributed by atoms with Gasteiger partial charge in [-0.05, 0) is 19.9 Å². The van der Waals surface area contributed by atoms with Crippen LogP contribution >= 0.6 is 11.6 Å². The predicted molar refractivity (Wildman–Crippen MR) is 79.5 cm³/mol. The summed E-state index contributed by atoms with van der Waals surface area (Å²) in [5.74, 6) is 0.421. The van der Waals surface area contributed by atoms with Crippen molar-refractivity contribution in [1.82, 2.24) is 14.8 Å². The van der Waals surface area contributed by atoms with Crippen molar-refractivity contribution >= 4 is 17.5 Å². The Morgan fingerprint density at radius 3 is 2.85 bits per heavy atom. The summed E-state index contributed by atoms with van der Waals surface area (Å²) >= 11 is 5.75. The Bertz CT molecular complexity index is 529. The molecule has 2 heterocycles. The summed E-state index contributed by atoms with van der Waals surface area (Å²) in [6.45, 7) is 5.72. The van der Waals surface area contributed by atoms with E-state index in [0.29, 0.717) is 19.0 Å². The Kier molecular flexibility index (Phi) is 5.20. The number of aryl methyl sites for hydroxylation is 1. The van der Waals surface area contributed by atoms with E-state index in [1.54, 1.807) is 11.8 Å². The maximum Gasteiger partial charge on any atom is 0.259 e. The monoisotopic (exact) mass is 297 g/mol. The molecule has 0 bridgehead atoms. The molecule has 1 aliphatic heterocycles. The van der Waals surface area contributed by atoms with Gasteiger partial charge in [0.25, 0.3) is 5.91 Å². The molecule has 1 N–H and O–H groups in total. The van der Waals surface area contributed by atoms with Crippen molar-refractivity contribution in [2.75, 3.05) is 38.6 Å². The van der Waals surface area contributed by atoms with E-state index in [1.165, 1.54) is 12.3 Å². The van der Waals surface area contributed by atoms with Crippen molar-refractivity contribution in [1.29, 1.82) is 0 Å². The second kappa shape index (κ2) is 6.90. The van der Waals surface area contributed by atoms with E-state index in [-0.39, 0.29) is 16.9 Å². The zero-order valence-corrected chi connectivity index (χ0v) is 12.4. The first-order valence-corrected chi connectivity index (χ1v) is 7.42. The molecular weight excluding hydrogens is 278 g/mol. The minimum atomic E-state index is -0.215. The van der Waals surface area contributed by atoms with Gasteiger partial charge in [-0.25, -0.2) is 0 Å². The van der Waals surface area contributed by atoms with Crippen LogP contribution in [0.1, 0.15) is 22.5 Å². The van der Waals surface area contributed by atoms with Gasteiger partial charge in [-0.3, -0.25) is 9.59 Å². The average molecular weight is 298 g/mol. The van der Waals surface area contributed by atoms with Crippen LogP contribution in [0, 0.1) is 6.92 Å². The van der Waals surface area contributed by atoms with E-state index in [9.17, 15) is 9.59 Å². The molecule has 0 radical (unpaired) electrons. The number of carbonyl (C=O) groups excluding carboxylic acids is 1. The summed E-state index contributed by atoms with van der Waals surface area (Å²) in [7, 11) is 0. The number of alkyl halides is 1. The Labute approximate surface area is 123 Å². The highest BCUT2D eigenvalue weighted by atomic mass is 35.5. The fourth-order valence-electron chi connectivity index (χ4n) is 2.43. The number of rotatable bonds is 3. The highest BCUT2D eigenvalue weighted by Crippen LogP contribution is 2.07. The minimum Gasteiger partial charge on any atom is -0.364 e.